The van der Waals surface area contributed by atoms with E-state index in [2.05, 4.69) is 0 Å². The average Bonchev–Trinajstić information content (AvgIpc) is 2.72. The highest BCUT2D eigenvalue weighted by Crippen LogP contribution is 2.40. The highest BCUT2D eigenvalue weighted by Gasteiger charge is 2.51. The number of allylic oxidation sites excluding steroid dienone is 2. The van der Waals surface area contributed by atoms with E-state index in [9.17, 15) is 26.0 Å². The monoisotopic (exact) mass is 389 g/mol. The van der Waals surface area contributed by atoms with Crippen LogP contribution in [0, 0.1) is 5.82 Å². The Bertz CT molecular complexity index is 877. The molecule has 1 heterocycles. The molecule has 0 saturated heterocycles. The van der Waals surface area contributed by atoms with Gasteiger partial charge in [-0.05, 0) is 55.9 Å². The largest absolute Gasteiger partial charge is 0.516 e. The summed E-state index contributed by atoms with van der Waals surface area (Å²) in [7, 11) is -5.65. The molecule has 1 aromatic carbocycles. The molecule has 0 radical (unpaired) electrons. The fourth-order valence-electron chi connectivity index (χ4n) is 3.58. The van der Waals surface area contributed by atoms with E-state index in [1.807, 2.05) is 0 Å². The molecule has 0 spiro atoms. The highest BCUT2D eigenvalue weighted by atomic mass is 32.2. The molecule has 1 aliphatic carbocycles. The molecule has 0 aromatic heterocycles. The van der Waals surface area contributed by atoms with Gasteiger partial charge in [-0.25, -0.2) is 4.39 Å². The Balaban J connectivity index is 2.24. The molecule has 2 aliphatic rings. The lowest BCUT2D eigenvalue weighted by Gasteiger charge is -2.27. The van der Waals surface area contributed by atoms with Crippen LogP contribution in [0.25, 0.3) is 5.57 Å². The first kappa shape index (κ1) is 18.9. The van der Waals surface area contributed by atoms with Crippen molar-refractivity contribution < 1.29 is 26.0 Å². The number of hydrogen-bond acceptors (Lipinski definition) is 2. The summed E-state index contributed by atoms with van der Waals surface area (Å²) in [5.41, 5.74) is -3.94. The van der Waals surface area contributed by atoms with Crippen LogP contribution in [0.15, 0.2) is 35.4 Å². The molecule has 0 N–H and O–H groups in total. The lowest BCUT2D eigenvalue weighted by atomic mass is 9.90. The summed E-state index contributed by atoms with van der Waals surface area (Å²) in [4.78, 5) is 0. The van der Waals surface area contributed by atoms with Gasteiger partial charge in [0.15, 0.2) is 0 Å². The molecule has 0 bridgehead atoms. The van der Waals surface area contributed by atoms with Gasteiger partial charge in [0, 0.05) is 5.56 Å². The summed E-state index contributed by atoms with van der Waals surface area (Å²) >= 11 is 0. The van der Waals surface area contributed by atoms with Gasteiger partial charge in [0.2, 0.25) is 0 Å². The van der Waals surface area contributed by atoms with Crippen molar-refractivity contribution in [2.45, 2.75) is 44.5 Å². The third-order valence-electron chi connectivity index (χ3n) is 4.85. The summed E-state index contributed by atoms with van der Waals surface area (Å²) in [5.74, 6) is -0.742. The molecule has 3 rings (SSSR count). The number of hydrogen-bond donors (Lipinski definition) is 0. The Morgan fingerprint density at radius 1 is 1.08 bits per heavy atom. The van der Waals surface area contributed by atoms with E-state index in [0.29, 0.717) is 15.5 Å². The average molecular weight is 389 g/mol. The number of nitrogens with zero attached hydrogens (tertiary/aromatic N) is 1. The first-order valence-electron chi connectivity index (χ1n) is 8.40. The standard InChI is InChI=1S/C18H19F4NO2S/c1-12-10-14(13-6-3-2-4-7-13)11-23(26(24,25)18(20,21)22)16-9-5-8-15(19)17(12)16/h5,8-10H,2-4,6-7,11H2,1H3. The van der Waals surface area contributed by atoms with Crippen LogP contribution in [-0.2, 0) is 10.0 Å². The molecule has 1 aliphatic heterocycles. The lowest BCUT2D eigenvalue weighted by Crippen LogP contribution is -2.42. The number of rotatable bonds is 1. The zero-order valence-electron chi connectivity index (χ0n) is 14.2. The van der Waals surface area contributed by atoms with Gasteiger partial charge < -0.3 is 0 Å². The van der Waals surface area contributed by atoms with Gasteiger partial charge >= 0.3 is 15.5 Å². The van der Waals surface area contributed by atoms with E-state index in [1.54, 1.807) is 13.0 Å². The molecule has 142 valence electrons. The number of halogens is 4. The molecule has 1 saturated carbocycles. The number of benzene rings is 1. The summed E-state index contributed by atoms with van der Waals surface area (Å²) in [6, 6.07) is 3.56. The Morgan fingerprint density at radius 3 is 2.35 bits per heavy atom. The second-order valence-corrected chi connectivity index (χ2v) is 8.46. The van der Waals surface area contributed by atoms with Crippen molar-refractivity contribution in [3.63, 3.8) is 0 Å². The first-order valence-corrected chi connectivity index (χ1v) is 9.84. The topological polar surface area (TPSA) is 37.4 Å². The zero-order chi connectivity index (χ0) is 19.1. The minimum Gasteiger partial charge on any atom is -0.258 e. The van der Waals surface area contributed by atoms with E-state index >= 15 is 0 Å². The van der Waals surface area contributed by atoms with Crippen molar-refractivity contribution in [3.8, 4) is 0 Å². The molecule has 3 nitrogen and oxygen atoms in total. The van der Waals surface area contributed by atoms with Gasteiger partial charge in [-0.1, -0.05) is 24.1 Å². The van der Waals surface area contributed by atoms with Crippen LogP contribution in [-0.4, -0.2) is 20.5 Å². The predicted molar refractivity (Wildman–Crippen MR) is 92.5 cm³/mol. The van der Waals surface area contributed by atoms with Gasteiger partial charge in [-0.15, -0.1) is 0 Å². The molecule has 1 aromatic rings. The Hall–Kier alpha value is -1.83. The van der Waals surface area contributed by atoms with Crippen LogP contribution in [0.2, 0.25) is 0 Å². The predicted octanol–water partition coefficient (Wildman–Crippen LogP) is 5.16. The molecule has 1 fully saturated rings. The van der Waals surface area contributed by atoms with E-state index in [4.69, 9.17) is 0 Å². The smallest absolute Gasteiger partial charge is 0.258 e. The maximum Gasteiger partial charge on any atom is 0.516 e. The summed E-state index contributed by atoms with van der Waals surface area (Å²) in [6.07, 6.45) is 5.95. The molecular weight excluding hydrogens is 370 g/mol. The minimum atomic E-state index is -5.65. The molecule has 0 amide bonds. The van der Waals surface area contributed by atoms with E-state index < -0.39 is 27.9 Å². The maximum absolute atomic E-state index is 14.4. The molecule has 0 atom stereocenters. The van der Waals surface area contributed by atoms with Crippen LogP contribution in [0.3, 0.4) is 0 Å². The number of anilines is 1. The van der Waals surface area contributed by atoms with Gasteiger partial charge in [0.25, 0.3) is 0 Å². The lowest BCUT2D eigenvalue weighted by molar-refractivity contribution is -0.0437. The van der Waals surface area contributed by atoms with Crippen molar-refractivity contribution in [2.24, 2.45) is 0 Å². The van der Waals surface area contributed by atoms with E-state index in [1.165, 1.54) is 12.1 Å². The van der Waals surface area contributed by atoms with Crippen LogP contribution in [0.4, 0.5) is 23.2 Å². The summed E-state index contributed by atoms with van der Waals surface area (Å²) < 4.78 is 78.8. The molecule has 8 heteroatoms. The Kier molecular flexibility index (Phi) is 4.90. The van der Waals surface area contributed by atoms with Gasteiger partial charge in [0.1, 0.15) is 5.82 Å². The first-order chi connectivity index (χ1) is 12.1. The number of fused-ring (bicyclic) bond motifs is 1. The van der Waals surface area contributed by atoms with Crippen molar-refractivity contribution in [1.29, 1.82) is 0 Å². The van der Waals surface area contributed by atoms with Crippen LogP contribution in [0.1, 0.15) is 44.6 Å². The van der Waals surface area contributed by atoms with E-state index in [-0.39, 0.29) is 11.3 Å². The summed E-state index contributed by atoms with van der Waals surface area (Å²) in [6.45, 7) is 1.15. The fraction of sp³-hybridized carbons (Fsp3) is 0.444. The zero-order valence-corrected chi connectivity index (χ0v) is 15.1. The SMILES string of the molecule is CC1=CC(=C2CCCCC2)CN(S(=O)(=O)C(F)(F)F)c2cccc(F)c21. The van der Waals surface area contributed by atoms with Gasteiger partial charge in [0.05, 0.1) is 12.2 Å². The van der Waals surface area contributed by atoms with Gasteiger partial charge in [-0.3, -0.25) is 4.31 Å². The maximum atomic E-state index is 14.4. The third-order valence-corrected chi connectivity index (χ3v) is 6.34. The summed E-state index contributed by atoms with van der Waals surface area (Å²) in [5, 5.41) is 0. The number of alkyl halides is 3. The van der Waals surface area contributed by atoms with Crippen LogP contribution in [0.5, 0.6) is 0 Å². The van der Waals surface area contributed by atoms with Gasteiger partial charge in [-0.2, -0.15) is 21.6 Å². The third kappa shape index (κ3) is 3.26. The van der Waals surface area contributed by atoms with Crippen molar-refractivity contribution in [1.82, 2.24) is 0 Å². The highest BCUT2D eigenvalue weighted by molar-refractivity contribution is 7.93. The Labute approximate surface area is 150 Å². The fourth-order valence-corrected chi connectivity index (χ4v) is 4.55. The molecule has 0 unspecified atom stereocenters. The normalized spacial score (nSPS) is 19.1. The van der Waals surface area contributed by atoms with E-state index in [0.717, 1.165) is 43.7 Å². The van der Waals surface area contributed by atoms with Crippen LogP contribution < -0.4 is 4.31 Å². The van der Waals surface area contributed by atoms with Crippen molar-refractivity contribution in [2.75, 3.05) is 10.8 Å². The number of sulfonamides is 1. The molecular formula is C18H19F4NO2S. The Morgan fingerprint density at radius 2 is 1.73 bits per heavy atom. The second-order valence-electron chi connectivity index (χ2n) is 6.61. The van der Waals surface area contributed by atoms with Crippen LogP contribution >= 0.6 is 0 Å². The second kappa shape index (κ2) is 6.72. The molecule has 26 heavy (non-hydrogen) atoms. The van der Waals surface area contributed by atoms with Crippen molar-refractivity contribution >= 4 is 21.3 Å². The quantitative estimate of drug-likeness (QED) is 0.622. The van der Waals surface area contributed by atoms with Crippen molar-refractivity contribution in [3.05, 3.63) is 46.8 Å². The minimum absolute atomic E-state index is 0.105.